The number of carbonyl (C=O) groups excluding carboxylic acids is 1. The Kier molecular flexibility index (Phi) is 5.95. The summed E-state index contributed by atoms with van der Waals surface area (Å²) in [5.41, 5.74) is 5.15. The van der Waals surface area contributed by atoms with Gasteiger partial charge in [0, 0.05) is 25.2 Å². The fourth-order valence-electron chi connectivity index (χ4n) is 3.50. The lowest BCUT2D eigenvalue weighted by atomic mass is 9.95. The van der Waals surface area contributed by atoms with Gasteiger partial charge < -0.3 is 4.57 Å². The Balaban J connectivity index is 1.60. The first kappa shape index (κ1) is 20.9. The van der Waals surface area contributed by atoms with Crippen molar-refractivity contribution in [3.63, 3.8) is 0 Å². The van der Waals surface area contributed by atoms with Gasteiger partial charge in [-0.15, -0.1) is 10.2 Å². The number of thioether (sulfide) groups is 1. The van der Waals surface area contributed by atoms with E-state index in [2.05, 4.69) is 34.2 Å². The highest BCUT2D eigenvalue weighted by molar-refractivity contribution is 7.98. The van der Waals surface area contributed by atoms with E-state index in [1.807, 2.05) is 48.2 Å². The molecule has 0 fully saturated rings. The van der Waals surface area contributed by atoms with Crippen molar-refractivity contribution in [3.05, 3.63) is 83.4 Å². The molecule has 4 aromatic rings. The van der Waals surface area contributed by atoms with Gasteiger partial charge in [-0.05, 0) is 47.6 Å². The topological polar surface area (TPSA) is 60.7 Å². The van der Waals surface area contributed by atoms with Crippen molar-refractivity contribution in [2.24, 2.45) is 7.05 Å². The molecule has 0 aliphatic carbocycles. The number of carbonyl (C=O) groups is 1. The molecule has 0 radical (unpaired) electrons. The van der Waals surface area contributed by atoms with Crippen LogP contribution in [0.25, 0.3) is 22.5 Å². The van der Waals surface area contributed by atoms with Crippen LogP contribution in [0.4, 0.5) is 4.39 Å². The van der Waals surface area contributed by atoms with Gasteiger partial charge in [0.2, 0.25) is 0 Å². The molecule has 0 aliphatic heterocycles. The monoisotopic (exact) mass is 432 g/mol. The first-order valence-electron chi connectivity index (χ1n) is 9.74. The predicted octanol–water partition coefficient (Wildman–Crippen LogP) is 5.14. The van der Waals surface area contributed by atoms with Gasteiger partial charge in [0.1, 0.15) is 0 Å². The summed E-state index contributed by atoms with van der Waals surface area (Å²) >= 11 is 1.56. The minimum atomic E-state index is -0.593. The average molecular weight is 433 g/mol. The Hall–Kier alpha value is -3.32. The molecular formula is C24H21FN4OS. The van der Waals surface area contributed by atoms with Crippen LogP contribution in [0.3, 0.4) is 0 Å². The number of hydrogen-bond acceptors (Lipinski definition) is 5. The zero-order valence-electron chi connectivity index (χ0n) is 17.5. The molecule has 5 nitrogen and oxygen atoms in total. The van der Waals surface area contributed by atoms with E-state index in [1.54, 1.807) is 11.8 Å². The second-order valence-electron chi connectivity index (χ2n) is 7.25. The number of halogens is 1. The second-order valence-corrected chi connectivity index (χ2v) is 8.02. The van der Waals surface area contributed by atoms with Gasteiger partial charge in [-0.25, -0.2) is 4.39 Å². The molecule has 0 aliphatic rings. The van der Waals surface area contributed by atoms with Gasteiger partial charge in [-0.3, -0.25) is 9.78 Å². The third kappa shape index (κ3) is 4.27. The number of aromatic nitrogens is 4. The van der Waals surface area contributed by atoms with E-state index < -0.39 is 5.82 Å². The molecule has 0 atom stereocenters. The number of nitrogens with zero attached hydrogens (tertiary/aromatic N) is 4. The summed E-state index contributed by atoms with van der Waals surface area (Å²) in [4.78, 5) is 16.1. The zero-order valence-corrected chi connectivity index (χ0v) is 18.3. The molecular weight excluding hydrogens is 411 g/mol. The SMILES string of the molecule is CSc1nnc(-c2ccc(C)c(-c3ccc(CC(=O)c4ccncc4F)cc3)c2)n1C. The number of benzene rings is 2. The molecule has 2 aromatic heterocycles. The van der Waals surface area contributed by atoms with Crippen LogP contribution in [0.5, 0.6) is 0 Å². The van der Waals surface area contributed by atoms with Crippen LogP contribution in [0.2, 0.25) is 0 Å². The van der Waals surface area contributed by atoms with Crippen molar-refractivity contribution in [2.75, 3.05) is 6.26 Å². The van der Waals surface area contributed by atoms with E-state index in [9.17, 15) is 9.18 Å². The van der Waals surface area contributed by atoms with E-state index in [0.717, 1.165) is 45.0 Å². The van der Waals surface area contributed by atoms with Gasteiger partial charge in [-0.2, -0.15) is 0 Å². The van der Waals surface area contributed by atoms with Gasteiger partial charge >= 0.3 is 0 Å². The van der Waals surface area contributed by atoms with Crippen LogP contribution < -0.4 is 0 Å². The number of Topliss-reactive ketones (excluding diaryl/α,β-unsaturated/α-hetero) is 1. The zero-order chi connectivity index (χ0) is 22.0. The van der Waals surface area contributed by atoms with Crippen molar-refractivity contribution in [1.29, 1.82) is 0 Å². The van der Waals surface area contributed by atoms with Crippen molar-refractivity contribution in [1.82, 2.24) is 19.7 Å². The molecule has 0 saturated carbocycles. The summed E-state index contributed by atoms with van der Waals surface area (Å²) in [5, 5.41) is 9.40. The third-order valence-electron chi connectivity index (χ3n) is 5.22. The van der Waals surface area contributed by atoms with Crippen molar-refractivity contribution in [2.45, 2.75) is 18.5 Å². The van der Waals surface area contributed by atoms with E-state index >= 15 is 0 Å². The Morgan fingerprint density at radius 3 is 2.48 bits per heavy atom. The molecule has 0 amide bonds. The molecule has 0 spiro atoms. The molecule has 4 rings (SSSR count). The van der Waals surface area contributed by atoms with Gasteiger partial charge in [0.25, 0.3) is 0 Å². The van der Waals surface area contributed by atoms with Crippen LogP contribution in [-0.4, -0.2) is 31.8 Å². The highest BCUT2D eigenvalue weighted by Gasteiger charge is 2.14. The predicted molar refractivity (Wildman–Crippen MR) is 121 cm³/mol. The summed E-state index contributed by atoms with van der Waals surface area (Å²) < 4.78 is 15.8. The lowest BCUT2D eigenvalue weighted by molar-refractivity contribution is 0.0989. The molecule has 0 bridgehead atoms. The lowest BCUT2D eigenvalue weighted by Crippen LogP contribution is -2.06. The Labute approximate surface area is 184 Å². The van der Waals surface area contributed by atoms with Crippen LogP contribution in [0.15, 0.2) is 66.1 Å². The Bertz CT molecular complexity index is 1250. The molecule has 31 heavy (non-hydrogen) atoms. The van der Waals surface area contributed by atoms with Crippen LogP contribution >= 0.6 is 11.8 Å². The molecule has 156 valence electrons. The fourth-order valence-corrected chi connectivity index (χ4v) is 3.98. The minimum Gasteiger partial charge on any atom is -0.305 e. The highest BCUT2D eigenvalue weighted by atomic mass is 32.2. The summed E-state index contributed by atoms with van der Waals surface area (Å²) in [5.74, 6) is -0.0464. The maximum Gasteiger partial charge on any atom is 0.190 e. The summed E-state index contributed by atoms with van der Waals surface area (Å²) in [7, 11) is 1.96. The molecule has 7 heteroatoms. The van der Waals surface area contributed by atoms with Gasteiger partial charge in [0.15, 0.2) is 22.6 Å². The van der Waals surface area contributed by atoms with Crippen LogP contribution in [0, 0.1) is 12.7 Å². The maximum absolute atomic E-state index is 13.8. The third-order valence-corrected chi connectivity index (χ3v) is 5.94. The van der Waals surface area contributed by atoms with Gasteiger partial charge in [0.05, 0.1) is 11.8 Å². The van der Waals surface area contributed by atoms with Crippen molar-refractivity contribution < 1.29 is 9.18 Å². The largest absolute Gasteiger partial charge is 0.305 e. The summed E-state index contributed by atoms with van der Waals surface area (Å²) in [6.07, 6.45) is 4.60. The summed E-state index contributed by atoms with van der Waals surface area (Å²) in [6.45, 7) is 2.06. The number of aryl methyl sites for hydroxylation is 1. The normalized spacial score (nSPS) is 11.0. The van der Waals surface area contributed by atoms with Gasteiger partial charge in [-0.1, -0.05) is 48.2 Å². The number of pyridine rings is 1. The molecule has 0 N–H and O–H groups in total. The van der Waals surface area contributed by atoms with Crippen LogP contribution in [0.1, 0.15) is 21.5 Å². The quantitative estimate of drug-likeness (QED) is 0.312. The average Bonchev–Trinajstić information content (AvgIpc) is 3.15. The van der Waals surface area contributed by atoms with Crippen molar-refractivity contribution >= 4 is 17.5 Å². The smallest absolute Gasteiger partial charge is 0.190 e. The number of hydrogen-bond donors (Lipinski definition) is 0. The molecule has 0 saturated heterocycles. The molecule has 2 aromatic carbocycles. The Morgan fingerprint density at radius 2 is 1.81 bits per heavy atom. The Morgan fingerprint density at radius 1 is 1.06 bits per heavy atom. The standard InChI is InChI=1S/C24H21FN4OS/c1-15-4-7-18(23-27-28-24(31-3)29(23)2)13-20(15)17-8-5-16(6-9-17)12-22(30)19-10-11-26-14-21(19)25/h4-11,13-14H,12H2,1-3H3. The maximum atomic E-state index is 13.8. The number of rotatable bonds is 6. The fraction of sp³-hybridized carbons (Fsp3) is 0.167. The molecule has 0 unspecified atom stereocenters. The van der Waals surface area contributed by atoms with E-state index in [0.29, 0.717) is 0 Å². The first-order chi connectivity index (χ1) is 15.0. The van der Waals surface area contributed by atoms with E-state index in [4.69, 9.17) is 0 Å². The summed E-state index contributed by atoms with van der Waals surface area (Å²) in [6, 6.07) is 15.4. The second kappa shape index (κ2) is 8.81. The van der Waals surface area contributed by atoms with E-state index in [1.165, 1.54) is 12.3 Å². The first-order valence-corrected chi connectivity index (χ1v) is 11.0. The molecule has 2 heterocycles. The highest BCUT2D eigenvalue weighted by Crippen LogP contribution is 2.30. The van der Waals surface area contributed by atoms with E-state index in [-0.39, 0.29) is 17.8 Å². The van der Waals surface area contributed by atoms with Crippen molar-refractivity contribution in [3.8, 4) is 22.5 Å². The number of ketones is 1. The lowest BCUT2D eigenvalue weighted by Gasteiger charge is -2.10. The minimum absolute atomic E-state index is 0.0657. The van der Waals surface area contributed by atoms with Crippen LogP contribution in [-0.2, 0) is 13.5 Å².